The van der Waals surface area contributed by atoms with Gasteiger partial charge < -0.3 is 0 Å². The van der Waals surface area contributed by atoms with Gasteiger partial charge in [0.15, 0.2) is 0 Å². The Hall–Kier alpha value is -6.42. The Morgan fingerprint density at radius 3 is 1.08 bits per heavy atom. The van der Waals surface area contributed by atoms with Gasteiger partial charge in [-0.15, -0.1) is 0 Å². The van der Waals surface area contributed by atoms with E-state index < -0.39 is 23.5 Å². The summed E-state index contributed by atoms with van der Waals surface area (Å²) in [5.41, 5.74) is 2.80. The van der Waals surface area contributed by atoms with Gasteiger partial charge in [0.1, 0.15) is 0 Å². The van der Waals surface area contributed by atoms with Crippen molar-refractivity contribution in [2.45, 2.75) is 12.4 Å². The maximum Gasteiger partial charge on any atom is 0.417 e. The molecule has 0 spiro atoms. The van der Waals surface area contributed by atoms with Crippen molar-refractivity contribution >= 4 is 22.1 Å². The molecular weight excluding hydrogens is 674 g/mol. The highest BCUT2D eigenvalue weighted by Gasteiger charge is 2.37. The van der Waals surface area contributed by atoms with Crippen molar-refractivity contribution in [2.24, 2.45) is 0 Å². The minimum atomic E-state index is -4.80. The molecule has 52 heavy (non-hydrogen) atoms. The summed E-state index contributed by atoms with van der Waals surface area (Å²) in [6, 6.07) is 39.4. The van der Waals surface area contributed by atoms with Crippen molar-refractivity contribution in [3.05, 3.63) is 157 Å². The molecule has 0 aliphatic rings. The molecule has 6 aromatic carbocycles. The zero-order valence-electron chi connectivity index (χ0n) is 26.9. The summed E-state index contributed by atoms with van der Waals surface area (Å²) in [6.07, 6.45) is -9.60. The monoisotopic (exact) mass is 698 g/mol. The van der Waals surface area contributed by atoms with E-state index in [1.54, 1.807) is 18.2 Å². The second-order valence-corrected chi connectivity index (χ2v) is 12.1. The van der Waals surface area contributed by atoms with Gasteiger partial charge in [0.25, 0.3) is 0 Å². The molecule has 4 nitrogen and oxygen atoms in total. The van der Waals surface area contributed by atoms with E-state index in [1.807, 2.05) is 78.9 Å². The standard InChI is InChI=1S/C42H24F6N4/c43-41(44,45)31-17-9-7-15-29(31)39-40(30-16-8-10-18-32(30)42(46,47)48)52-36-24-28(20-22-34(36)50-39)27-19-21-33-35(23-27)51-38(26-13-5-2-6-14-26)37(49-33)25-11-3-1-4-12-25/h1-24H. The molecule has 8 aromatic rings. The van der Waals surface area contributed by atoms with E-state index in [9.17, 15) is 26.3 Å². The number of aromatic nitrogens is 4. The predicted octanol–water partition coefficient (Wildman–Crippen LogP) is 11.9. The van der Waals surface area contributed by atoms with Crippen LogP contribution in [-0.4, -0.2) is 19.9 Å². The van der Waals surface area contributed by atoms with E-state index >= 15 is 0 Å². The first-order valence-electron chi connectivity index (χ1n) is 16.1. The van der Waals surface area contributed by atoms with Gasteiger partial charge in [-0.2, -0.15) is 26.3 Å². The molecule has 0 saturated carbocycles. The average molecular weight is 699 g/mol. The highest BCUT2D eigenvalue weighted by atomic mass is 19.4. The Bertz CT molecular complexity index is 2600. The quantitative estimate of drug-likeness (QED) is 0.168. The van der Waals surface area contributed by atoms with Crippen molar-refractivity contribution in [3.63, 3.8) is 0 Å². The third-order valence-electron chi connectivity index (χ3n) is 8.73. The molecule has 0 unspecified atom stereocenters. The van der Waals surface area contributed by atoms with Crippen LogP contribution in [0.15, 0.2) is 146 Å². The minimum Gasteiger partial charge on any atom is -0.244 e. The second-order valence-electron chi connectivity index (χ2n) is 12.1. The molecule has 0 atom stereocenters. The fourth-order valence-corrected chi connectivity index (χ4v) is 6.31. The summed E-state index contributed by atoms with van der Waals surface area (Å²) < 4.78 is 85.4. The molecule has 8 rings (SSSR count). The molecule has 0 radical (unpaired) electrons. The van der Waals surface area contributed by atoms with Gasteiger partial charge >= 0.3 is 12.4 Å². The first-order chi connectivity index (χ1) is 25.0. The fraction of sp³-hybridized carbons (Fsp3) is 0.0476. The van der Waals surface area contributed by atoms with E-state index in [0.717, 1.165) is 34.5 Å². The summed E-state index contributed by atoms with van der Waals surface area (Å²) >= 11 is 0. The van der Waals surface area contributed by atoms with E-state index in [1.165, 1.54) is 36.4 Å². The zero-order chi connectivity index (χ0) is 36.0. The lowest BCUT2D eigenvalue weighted by molar-refractivity contribution is -0.138. The van der Waals surface area contributed by atoms with E-state index in [2.05, 4.69) is 9.97 Å². The topological polar surface area (TPSA) is 51.6 Å². The van der Waals surface area contributed by atoms with Gasteiger partial charge in [-0.05, 0) is 47.5 Å². The lowest BCUT2D eigenvalue weighted by Crippen LogP contribution is -2.10. The van der Waals surface area contributed by atoms with Crippen LogP contribution >= 0.6 is 0 Å². The van der Waals surface area contributed by atoms with Crippen LogP contribution in [-0.2, 0) is 12.4 Å². The molecular formula is C42H24F6N4. The lowest BCUT2D eigenvalue weighted by Gasteiger charge is -2.18. The highest BCUT2D eigenvalue weighted by molar-refractivity contribution is 5.92. The highest BCUT2D eigenvalue weighted by Crippen LogP contribution is 2.43. The van der Waals surface area contributed by atoms with Crippen molar-refractivity contribution < 1.29 is 26.3 Å². The normalized spacial score (nSPS) is 12.0. The maximum absolute atomic E-state index is 14.3. The van der Waals surface area contributed by atoms with E-state index in [-0.39, 0.29) is 33.5 Å². The Balaban J connectivity index is 1.31. The largest absolute Gasteiger partial charge is 0.417 e. The number of benzene rings is 6. The molecule has 2 aromatic heterocycles. The number of rotatable bonds is 5. The van der Waals surface area contributed by atoms with Crippen LogP contribution in [0.4, 0.5) is 26.3 Å². The van der Waals surface area contributed by atoms with Crippen LogP contribution in [0.5, 0.6) is 0 Å². The molecule has 0 amide bonds. The molecule has 0 saturated heterocycles. The minimum absolute atomic E-state index is 0.202. The Morgan fingerprint density at radius 1 is 0.308 bits per heavy atom. The van der Waals surface area contributed by atoms with Crippen molar-refractivity contribution in [3.8, 4) is 56.2 Å². The van der Waals surface area contributed by atoms with Gasteiger partial charge in [-0.3, -0.25) is 0 Å². The number of nitrogens with zero attached hydrogens (tertiary/aromatic N) is 4. The molecule has 10 heteroatoms. The summed E-state index contributed by atoms with van der Waals surface area (Å²) in [7, 11) is 0. The third-order valence-corrected chi connectivity index (χ3v) is 8.73. The van der Waals surface area contributed by atoms with Crippen LogP contribution in [0.25, 0.3) is 78.2 Å². The number of halogens is 6. The summed E-state index contributed by atoms with van der Waals surface area (Å²) in [6.45, 7) is 0. The Morgan fingerprint density at radius 2 is 0.654 bits per heavy atom. The molecule has 254 valence electrons. The summed E-state index contributed by atoms with van der Waals surface area (Å²) in [4.78, 5) is 19.2. The van der Waals surface area contributed by atoms with Gasteiger partial charge in [-0.25, -0.2) is 19.9 Å². The average Bonchev–Trinajstić information content (AvgIpc) is 3.16. The first-order valence-corrected chi connectivity index (χ1v) is 16.1. The van der Waals surface area contributed by atoms with Crippen molar-refractivity contribution in [1.82, 2.24) is 19.9 Å². The smallest absolute Gasteiger partial charge is 0.244 e. The van der Waals surface area contributed by atoms with Gasteiger partial charge in [0, 0.05) is 22.3 Å². The maximum atomic E-state index is 14.3. The number of hydrogen-bond donors (Lipinski definition) is 0. The molecule has 0 N–H and O–H groups in total. The van der Waals surface area contributed by atoms with Crippen molar-refractivity contribution in [1.29, 1.82) is 0 Å². The Kier molecular flexibility index (Phi) is 8.02. The number of alkyl halides is 6. The molecule has 0 aliphatic heterocycles. The lowest BCUT2D eigenvalue weighted by atomic mass is 9.95. The Labute approximate surface area is 293 Å². The SMILES string of the molecule is FC(F)(F)c1ccccc1-c1nc2ccc(-c3ccc4nc(-c5ccccc5)c(-c5ccccc5)nc4c3)cc2nc1-c1ccccc1C(F)(F)F. The molecule has 0 aliphatic carbocycles. The summed E-state index contributed by atoms with van der Waals surface area (Å²) in [5.74, 6) is 0. The molecule has 2 heterocycles. The van der Waals surface area contributed by atoms with Crippen molar-refractivity contribution in [2.75, 3.05) is 0 Å². The van der Waals surface area contributed by atoms with E-state index in [0.29, 0.717) is 22.3 Å². The van der Waals surface area contributed by atoms with Crippen LogP contribution in [0.1, 0.15) is 11.1 Å². The molecule has 0 bridgehead atoms. The number of fused-ring (bicyclic) bond motifs is 2. The van der Waals surface area contributed by atoms with E-state index in [4.69, 9.17) is 9.97 Å². The fourth-order valence-electron chi connectivity index (χ4n) is 6.31. The third kappa shape index (κ3) is 6.12. The van der Waals surface area contributed by atoms with Gasteiger partial charge in [0.2, 0.25) is 0 Å². The van der Waals surface area contributed by atoms with Crippen LogP contribution in [0.3, 0.4) is 0 Å². The second kappa shape index (κ2) is 12.7. The van der Waals surface area contributed by atoms with Gasteiger partial charge in [0.05, 0.1) is 56.0 Å². The molecule has 0 fully saturated rings. The summed E-state index contributed by atoms with van der Waals surface area (Å²) in [5, 5.41) is 0. The predicted molar refractivity (Wildman–Crippen MR) is 190 cm³/mol. The van der Waals surface area contributed by atoms with Crippen LogP contribution in [0.2, 0.25) is 0 Å². The van der Waals surface area contributed by atoms with Crippen LogP contribution in [0, 0.1) is 0 Å². The zero-order valence-corrected chi connectivity index (χ0v) is 26.9. The first kappa shape index (κ1) is 32.8. The number of hydrogen-bond acceptors (Lipinski definition) is 4. The van der Waals surface area contributed by atoms with Crippen LogP contribution < -0.4 is 0 Å². The van der Waals surface area contributed by atoms with Gasteiger partial charge in [-0.1, -0.05) is 109 Å².